The van der Waals surface area contributed by atoms with Crippen molar-refractivity contribution in [2.45, 2.75) is 20.0 Å². The normalized spacial score (nSPS) is 12.9. The predicted molar refractivity (Wildman–Crippen MR) is 38.0 cm³/mol. The van der Waals surface area contributed by atoms with Crippen molar-refractivity contribution in [1.82, 2.24) is 0 Å². The minimum atomic E-state index is -1.05. The van der Waals surface area contributed by atoms with Crippen LogP contribution in [0.5, 0.6) is 0 Å². The molecule has 62 valence electrons. The van der Waals surface area contributed by atoms with Crippen molar-refractivity contribution in [3.05, 3.63) is 12.2 Å². The molecule has 11 heavy (non-hydrogen) atoms. The highest BCUT2D eigenvalue weighted by molar-refractivity contribution is 5.79. The van der Waals surface area contributed by atoms with Crippen LogP contribution in [0.25, 0.3) is 0 Å². The molecule has 0 saturated heterocycles. The standard InChI is InChI=1S/C7H10O4/c1-5(11-6(2)8)3-4-7(9)10/h3-5H,1-2H3,(H,9,10)/b4-3+/t5-/m0/s1. The first-order chi connectivity index (χ1) is 5.02. The summed E-state index contributed by atoms with van der Waals surface area (Å²) in [6, 6.07) is 0. The topological polar surface area (TPSA) is 63.6 Å². The summed E-state index contributed by atoms with van der Waals surface area (Å²) in [5.74, 6) is -1.48. The molecule has 0 amide bonds. The summed E-state index contributed by atoms with van der Waals surface area (Å²) in [4.78, 5) is 20.3. The van der Waals surface area contributed by atoms with Crippen molar-refractivity contribution < 1.29 is 19.4 Å². The maximum Gasteiger partial charge on any atom is 0.328 e. The Labute approximate surface area is 64.5 Å². The van der Waals surface area contributed by atoms with Crippen molar-refractivity contribution in [2.75, 3.05) is 0 Å². The zero-order valence-electron chi connectivity index (χ0n) is 6.40. The summed E-state index contributed by atoms with van der Waals surface area (Å²) >= 11 is 0. The van der Waals surface area contributed by atoms with Gasteiger partial charge >= 0.3 is 11.9 Å². The fourth-order valence-electron chi connectivity index (χ4n) is 0.519. The number of carboxylic acids is 1. The Morgan fingerprint density at radius 3 is 2.45 bits per heavy atom. The lowest BCUT2D eigenvalue weighted by Crippen LogP contribution is -2.09. The van der Waals surface area contributed by atoms with Crippen LogP contribution in [0.15, 0.2) is 12.2 Å². The highest BCUT2D eigenvalue weighted by Gasteiger charge is 1.99. The van der Waals surface area contributed by atoms with Gasteiger partial charge in [-0.05, 0) is 13.0 Å². The summed E-state index contributed by atoms with van der Waals surface area (Å²) in [6.07, 6.45) is 1.75. The van der Waals surface area contributed by atoms with Gasteiger partial charge in [-0.25, -0.2) is 4.79 Å². The maximum absolute atomic E-state index is 10.3. The molecule has 0 fully saturated rings. The Morgan fingerprint density at radius 1 is 1.55 bits per heavy atom. The Kier molecular flexibility index (Phi) is 3.95. The van der Waals surface area contributed by atoms with Crippen LogP contribution < -0.4 is 0 Å². The van der Waals surface area contributed by atoms with Gasteiger partial charge in [0.2, 0.25) is 0 Å². The van der Waals surface area contributed by atoms with Crippen LogP contribution in [0, 0.1) is 0 Å². The molecule has 0 rings (SSSR count). The van der Waals surface area contributed by atoms with Gasteiger partial charge in [-0.1, -0.05) is 0 Å². The van der Waals surface area contributed by atoms with Crippen LogP contribution in [-0.4, -0.2) is 23.1 Å². The molecule has 0 aromatic heterocycles. The second-order valence-corrected chi connectivity index (χ2v) is 2.01. The zero-order chi connectivity index (χ0) is 8.85. The smallest absolute Gasteiger partial charge is 0.328 e. The van der Waals surface area contributed by atoms with Gasteiger partial charge in [-0.3, -0.25) is 4.79 Å². The number of esters is 1. The number of carboxylic acid groups (broad SMARTS) is 1. The van der Waals surface area contributed by atoms with Crippen molar-refractivity contribution in [1.29, 1.82) is 0 Å². The van der Waals surface area contributed by atoms with E-state index in [0.717, 1.165) is 6.08 Å². The van der Waals surface area contributed by atoms with E-state index in [1.807, 2.05) is 0 Å². The van der Waals surface area contributed by atoms with E-state index in [-0.39, 0.29) is 0 Å². The first kappa shape index (κ1) is 9.68. The number of aliphatic carboxylic acids is 1. The molecule has 0 saturated carbocycles. The lowest BCUT2D eigenvalue weighted by Gasteiger charge is -2.04. The fraction of sp³-hybridized carbons (Fsp3) is 0.429. The highest BCUT2D eigenvalue weighted by atomic mass is 16.5. The summed E-state index contributed by atoms with van der Waals surface area (Å²) in [7, 11) is 0. The monoisotopic (exact) mass is 158 g/mol. The van der Waals surface area contributed by atoms with Gasteiger partial charge in [0, 0.05) is 13.0 Å². The molecule has 4 heteroatoms. The minimum absolute atomic E-state index is 0.424. The van der Waals surface area contributed by atoms with E-state index in [2.05, 4.69) is 4.74 Å². The van der Waals surface area contributed by atoms with E-state index in [4.69, 9.17) is 5.11 Å². The van der Waals surface area contributed by atoms with Gasteiger partial charge in [-0.2, -0.15) is 0 Å². The third-order valence-corrected chi connectivity index (χ3v) is 0.862. The molecule has 0 aromatic rings. The minimum Gasteiger partial charge on any atom is -0.478 e. The van der Waals surface area contributed by atoms with E-state index >= 15 is 0 Å². The molecule has 0 aliphatic heterocycles. The summed E-state index contributed by atoms with van der Waals surface area (Å²) < 4.78 is 4.61. The average Bonchev–Trinajstić information content (AvgIpc) is 1.82. The van der Waals surface area contributed by atoms with E-state index in [1.54, 1.807) is 6.92 Å². The molecule has 4 nitrogen and oxygen atoms in total. The molecule has 0 unspecified atom stereocenters. The number of carbonyl (C=O) groups is 2. The SMILES string of the molecule is CC(=O)O[C@@H](C)/C=C/C(=O)O. The Bertz CT molecular complexity index is 183. The molecule has 0 spiro atoms. The molecule has 0 aliphatic rings. The summed E-state index contributed by atoms with van der Waals surface area (Å²) in [5.41, 5.74) is 0. The molecule has 0 radical (unpaired) electrons. The largest absolute Gasteiger partial charge is 0.478 e. The van der Waals surface area contributed by atoms with Crippen LogP contribution in [0.4, 0.5) is 0 Å². The summed E-state index contributed by atoms with van der Waals surface area (Å²) in [5, 5.41) is 8.17. The lowest BCUT2D eigenvalue weighted by atomic mass is 10.3. The molecule has 0 aromatic carbocycles. The van der Waals surface area contributed by atoms with Crippen molar-refractivity contribution in [3.8, 4) is 0 Å². The van der Waals surface area contributed by atoms with Gasteiger partial charge in [0.15, 0.2) is 0 Å². The van der Waals surface area contributed by atoms with Crippen LogP contribution in [0.2, 0.25) is 0 Å². The highest BCUT2D eigenvalue weighted by Crippen LogP contribution is 1.92. The lowest BCUT2D eigenvalue weighted by molar-refractivity contribution is -0.143. The van der Waals surface area contributed by atoms with Crippen molar-refractivity contribution >= 4 is 11.9 Å². The van der Waals surface area contributed by atoms with Crippen LogP contribution in [-0.2, 0) is 14.3 Å². The molecule has 0 bridgehead atoms. The van der Waals surface area contributed by atoms with Gasteiger partial charge in [0.1, 0.15) is 6.10 Å². The molecule has 0 aliphatic carbocycles. The third kappa shape index (κ3) is 6.57. The Morgan fingerprint density at radius 2 is 2.09 bits per heavy atom. The zero-order valence-corrected chi connectivity index (χ0v) is 6.40. The molecular formula is C7H10O4. The number of hydrogen-bond acceptors (Lipinski definition) is 3. The van der Waals surface area contributed by atoms with Crippen LogP contribution >= 0.6 is 0 Å². The Hall–Kier alpha value is -1.32. The predicted octanol–water partition coefficient (Wildman–Crippen LogP) is 0.579. The van der Waals surface area contributed by atoms with Gasteiger partial charge < -0.3 is 9.84 Å². The van der Waals surface area contributed by atoms with Crippen LogP contribution in [0.1, 0.15) is 13.8 Å². The quantitative estimate of drug-likeness (QED) is 0.482. The van der Waals surface area contributed by atoms with E-state index in [1.165, 1.54) is 13.0 Å². The van der Waals surface area contributed by atoms with Crippen molar-refractivity contribution in [3.63, 3.8) is 0 Å². The second kappa shape index (κ2) is 4.49. The number of ether oxygens (including phenoxy) is 1. The van der Waals surface area contributed by atoms with Crippen LogP contribution in [0.3, 0.4) is 0 Å². The molecule has 0 heterocycles. The number of carbonyl (C=O) groups excluding carboxylic acids is 1. The van der Waals surface area contributed by atoms with E-state index in [9.17, 15) is 9.59 Å². The third-order valence-electron chi connectivity index (χ3n) is 0.862. The Balaban J connectivity index is 3.77. The summed E-state index contributed by atoms with van der Waals surface area (Å²) in [6.45, 7) is 2.85. The van der Waals surface area contributed by atoms with E-state index in [0.29, 0.717) is 0 Å². The van der Waals surface area contributed by atoms with Gasteiger partial charge in [0.25, 0.3) is 0 Å². The van der Waals surface area contributed by atoms with Gasteiger partial charge in [0.05, 0.1) is 0 Å². The van der Waals surface area contributed by atoms with Crippen molar-refractivity contribution in [2.24, 2.45) is 0 Å². The molecular weight excluding hydrogens is 148 g/mol. The van der Waals surface area contributed by atoms with E-state index < -0.39 is 18.0 Å². The first-order valence-corrected chi connectivity index (χ1v) is 3.10. The van der Waals surface area contributed by atoms with Gasteiger partial charge in [-0.15, -0.1) is 0 Å². The molecule has 1 atom stereocenters. The first-order valence-electron chi connectivity index (χ1n) is 3.10. The number of rotatable bonds is 3. The fourth-order valence-corrected chi connectivity index (χ4v) is 0.519. The molecule has 1 N–H and O–H groups in total. The second-order valence-electron chi connectivity index (χ2n) is 2.01. The average molecular weight is 158 g/mol. The number of hydrogen-bond donors (Lipinski definition) is 1. The maximum atomic E-state index is 10.3.